The lowest BCUT2D eigenvalue weighted by Crippen LogP contribution is -2.60. The molecule has 1 N–H and O–H groups in total. The Kier molecular flexibility index (Phi) is 6.86. The van der Waals surface area contributed by atoms with Crippen LogP contribution in [0, 0.1) is 11.8 Å². The lowest BCUT2D eigenvalue weighted by Gasteiger charge is -2.42. The summed E-state index contributed by atoms with van der Waals surface area (Å²) in [4.78, 5) is 45.8. The Morgan fingerprint density at radius 2 is 1.91 bits per heavy atom. The summed E-state index contributed by atoms with van der Waals surface area (Å²) in [5.41, 5.74) is -1.50. The van der Waals surface area contributed by atoms with Gasteiger partial charge in [0.2, 0.25) is 17.7 Å². The molecule has 2 unspecified atom stereocenters. The minimum absolute atomic E-state index is 0.0914. The van der Waals surface area contributed by atoms with Crippen molar-refractivity contribution in [1.82, 2.24) is 14.7 Å². The number of likely N-dealkylation sites (N-methyl/N-ethyl adjacent to an activating group) is 1. The molecule has 3 heterocycles. The maximum absolute atomic E-state index is 14.0. The summed E-state index contributed by atoms with van der Waals surface area (Å²) in [6, 6.07) is -0.821. The van der Waals surface area contributed by atoms with Crippen LogP contribution < -0.4 is 0 Å². The van der Waals surface area contributed by atoms with Crippen molar-refractivity contribution >= 4 is 17.7 Å². The van der Waals surface area contributed by atoms with Gasteiger partial charge in [-0.2, -0.15) is 0 Å². The highest BCUT2D eigenvalue weighted by molar-refractivity contribution is 5.99. The molecule has 3 aliphatic heterocycles. The monoisotopic (exact) mass is 447 g/mol. The van der Waals surface area contributed by atoms with Gasteiger partial charge in [-0.05, 0) is 40.0 Å². The first-order valence-electron chi connectivity index (χ1n) is 11.4. The van der Waals surface area contributed by atoms with E-state index in [1.807, 2.05) is 20.8 Å². The number of amides is 3. The van der Waals surface area contributed by atoms with Crippen molar-refractivity contribution in [2.45, 2.75) is 63.3 Å². The summed E-state index contributed by atoms with van der Waals surface area (Å²) in [7, 11) is 1.69. The van der Waals surface area contributed by atoms with Crippen LogP contribution in [0.5, 0.6) is 0 Å². The maximum atomic E-state index is 14.0. The predicted octanol–water partition coefficient (Wildman–Crippen LogP) is 1.20. The van der Waals surface area contributed by atoms with Crippen LogP contribution in [-0.2, 0) is 19.1 Å². The van der Waals surface area contributed by atoms with Crippen molar-refractivity contribution in [1.29, 1.82) is 0 Å². The van der Waals surface area contributed by atoms with Crippen molar-refractivity contribution in [3.05, 3.63) is 25.3 Å². The minimum atomic E-state index is -1.02. The van der Waals surface area contributed by atoms with Gasteiger partial charge in [0, 0.05) is 38.8 Å². The molecule has 5 atom stereocenters. The van der Waals surface area contributed by atoms with Crippen LogP contribution in [0.25, 0.3) is 0 Å². The van der Waals surface area contributed by atoms with Crippen molar-refractivity contribution in [3.8, 4) is 0 Å². The molecule has 3 aliphatic rings. The lowest BCUT2D eigenvalue weighted by atomic mass is 9.70. The summed E-state index contributed by atoms with van der Waals surface area (Å²) in [5, 5.41) is 9.42. The topological polar surface area (TPSA) is 90.4 Å². The molecule has 0 aliphatic carbocycles. The molecule has 3 amide bonds. The van der Waals surface area contributed by atoms with Gasteiger partial charge in [-0.15, -0.1) is 13.2 Å². The van der Waals surface area contributed by atoms with E-state index in [1.54, 1.807) is 33.9 Å². The average Bonchev–Trinajstić information content (AvgIpc) is 3.36. The van der Waals surface area contributed by atoms with E-state index in [0.717, 1.165) is 0 Å². The molecule has 178 valence electrons. The Balaban J connectivity index is 2.04. The fraction of sp³-hybridized carbons (Fsp3) is 0.708. The van der Waals surface area contributed by atoms with Crippen LogP contribution in [0.2, 0.25) is 0 Å². The highest BCUT2D eigenvalue weighted by Gasteiger charge is 2.74. The van der Waals surface area contributed by atoms with Crippen LogP contribution >= 0.6 is 0 Å². The van der Waals surface area contributed by atoms with Crippen molar-refractivity contribution in [2.75, 3.05) is 33.3 Å². The molecule has 8 nitrogen and oxygen atoms in total. The lowest BCUT2D eigenvalue weighted by molar-refractivity contribution is -0.151. The van der Waals surface area contributed by atoms with Gasteiger partial charge < -0.3 is 24.5 Å². The van der Waals surface area contributed by atoms with E-state index in [0.29, 0.717) is 32.4 Å². The third-order valence-electron chi connectivity index (χ3n) is 7.04. The summed E-state index contributed by atoms with van der Waals surface area (Å²) in [6.45, 7) is 14.2. The Hall–Kier alpha value is -2.19. The van der Waals surface area contributed by atoms with Gasteiger partial charge in [0.1, 0.15) is 11.6 Å². The van der Waals surface area contributed by atoms with Crippen molar-refractivity contribution in [3.63, 3.8) is 0 Å². The molecule has 0 aromatic heterocycles. The zero-order valence-corrected chi connectivity index (χ0v) is 19.7. The Labute approximate surface area is 190 Å². The quantitative estimate of drug-likeness (QED) is 0.537. The summed E-state index contributed by atoms with van der Waals surface area (Å²) in [5.74, 6) is -1.88. The molecule has 3 rings (SSSR count). The van der Waals surface area contributed by atoms with Crippen LogP contribution in [0.15, 0.2) is 25.3 Å². The van der Waals surface area contributed by atoms with E-state index in [4.69, 9.17) is 4.74 Å². The van der Waals surface area contributed by atoms with Crippen molar-refractivity contribution < 1.29 is 24.2 Å². The van der Waals surface area contributed by atoms with E-state index in [-0.39, 0.29) is 37.0 Å². The fourth-order valence-electron chi connectivity index (χ4n) is 5.70. The molecule has 0 aromatic rings. The molecule has 32 heavy (non-hydrogen) atoms. The van der Waals surface area contributed by atoms with Crippen LogP contribution in [0.1, 0.15) is 40.0 Å². The number of rotatable bonds is 9. The molecule has 8 heteroatoms. The first-order valence-corrected chi connectivity index (χ1v) is 11.4. The molecular weight excluding hydrogens is 410 g/mol. The fourth-order valence-corrected chi connectivity index (χ4v) is 5.70. The number of carbonyl (C=O) groups excluding carboxylic acids is 3. The third kappa shape index (κ3) is 3.77. The second-order valence-electron chi connectivity index (χ2n) is 10.1. The molecule has 2 bridgehead atoms. The van der Waals surface area contributed by atoms with E-state index < -0.39 is 29.0 Å². The number of likely N-dealkylation sites (tertiary alicyclic amines) is 1. The number of ether oxygens (including phenoxy) is 1. The van der Waals surface area contributed by atoms with Gasteiger partial charge in [-0.25, -0.2) is 0 Å². The summed E-state index contributed by atoms with van der Waals surface area (Å²) < 4.78 is 6.43. The Bertz CT molecular complexity index is 791. The number of hydrogen-bond donors (Lipinski definition) is 1. The van der Waals surface area contributed by atoms with Crippen LogP contribution in [-0.4, -0.2) is 94.1 Å². The molecule has 1 spiro atoms. The number of aliphatic hydroxyl groups excluding tert-OH is 1. The predicted molar refractivity (Wildman–Crippen MR) is 121 cm³/mol. The zero-order chi connectivity index (χ0) is 23.8. The number of hydrogen-bond acceptors (Lipinski definition) is 5. The van der Waals surface area contributed by atoms with Crippen LogP contribution in [0.4, 0.5) is 0 Å². The van der Waals surface area contributed by atoms with Gasteiger partial charge in [0.25, 0.3) is 0 Å². The summed E-state index contributed by atoms with van der Waals surface area (Å²) >= 11 is 0. The largest absolute Gasteiger partial charge is 0.396 e. The second-order valence-corrected chi connectivity index (χ2v) is 10.1. The van der Waals surface area contributed by atoms with E-state index in [2.05, 4.69) is 13.2 Å². The summed E-state index contributed by atoms with van der Waals surface area (Å²) in [6.07, 6.45) is 4.50. The standard InChI is InChI=1S/C24H37N3O5/c1-7-12-25(6)20(29)17-16-10-11-24(32-16)18(17)21(30)26(14-9-15-28)19(24)22(31)27(13-8-2)23(3,4)5/h7-8,16-19,28H,1-2,9-15H2,3-6H3/t16-,17+,18-,19?,24?/m0/s1. The van der Waals surface area contributed by atoms with Gasteiger partial charge in [-0.1, -0.05) is 12.2 Å². The zero-order valence-electron chi connectivity index (χ0n) is 19.7. The minimum Gasteiger partial charge on any atom is -0.396 e. The van der Waals surface area contributed by atoms with E-state index in [9.17, 15) is 19.5 Å². The van der Waals surface area contributed by atoms with E-state index >= 15 is 0 Å². The van der Waals surface area contributed by atoms with Gasteiger partial charge in [0.05, 0.1) is 17.9 Å². The molecular formula is C24H37N3O5. The Morgan fingerprint density at radius 1 is 1.25 bits per heavy atom. The molecule has 0 saturated carbocycles. The van der Waals surface area contributed by atoms with Gasteiger partial charge in [0.15, 0.2) is 0 Å². The second kappa shape index (κ2) is 8.98. The molecule has 3 fully saturated rings. The van der Waals surface area contributed by atoms with Crippen LogP contribution in [0.3, 0.4) is 0 Å². The molecule has 0 aromatic carbocycles. The van der Waals surface area contributed by atoms with E-state index in [1.165, 1.54) is 0 Å². The number of nitrogens with zero attached hydrogens (tertiary/aromatic N) is 3. The molecule has 0 radical (unpaired) electrons. The highest BCUT2D eigenvalue weighted by Crippen LogP contribution is 2.59. The SMILES string of the molecule is C=CCN(C)C(=O)[C@@H]1[C@@H]2CCC3(O2)C(C(=O)N(CC=C)C(C)(C)C)N(CCCO)C(=O)[C@H]13. The molecule has 3 saturated heterocycles. The number of carbonyl (C=O) groups is 3. The van der Waals surface area contributed by atoms with Crippen molar-refractivity contribution in [2.24, 2.45) is 11.8 Å². The number of fused-ring (bicyclic) bond motifs is 1. The Morgan fingerprint density at radius 3 is 2.47 bits per heavy atom. The van der Waals surface area contributed by atoms with Gasteiger partial charge >= 0.3 is 0 Å². The highest BCUT2D eigenvalue weighted by atomic mass is 16.5. The normalized spacial score (nSPS) is 30.9. The first kappa shape index (κ1) is 24.5. The smallest absolute Gasteiger partial charge is 0.249 e. The maximum Gasteiger partial charge on any atom is 0.249 e. The first-order chi connectivity index (χ1) is 15.0. The van der Waals surface area contributed by atoms with Gasteiger partial charge in [-0.3, -0.25) is 14.4 Å². The average molecular weight is 448 g/mol. The number of aliphatic hydroxyl groups is 1. The third-order valence-corrected chi connectivity index (χ3v) is 7.04.